The number of methoxy groups -OCH3 is 2. The number of halogens is 4. The van der Waals surface area contributed by atoms with Crippen molar-refractivity contribution in [2.75, 3.05) is 14.2 Å². The monoisotopic (exact) mass is 438 g/mol. The van der Waals surface area contributed by atoms with E-state index < -0.39 is 35.3 Å². The summed E-state index contributed by atoms with van der Waals surface area (Å²) in [5.41, 5.74) is -1.84. The predicted octanol–water partition coefficient (Wildman–Crippen LogP) is 3.93. The summed E-state index contributed by atoms with van der Waals surface area (Å²) in [6, 6.07) is 8.30. The van der Waals surface area contributed by atoms with E-state index in [-0.39, 0.29) is 5.69 Å². The highest BCUT2D eigenvalue weighted by Gasteiger charge is 2.42. The molecule has 0 aliphatic heterocycles. The van der Waals surface area contributed by atoms with Crippen LogP contribution < -0.4 is 14.8 Å². The van der Waals surface area contributed by atoms with Gasteiger partial charge in [0.05, 0.1) is 25.9 Å². The van der Waals surface area contributed by atoms with Gasteiger partial charge in [-0.05, 0) is 43.3 Å². The van der Waals surface area contributed by atoms with E-state index in [2.05, 4.69) is 15.6 Å². The maximum absolute atomic E-state index is 13.7. The van der Waals surface area contributed by atoms with Gasteiger partial charge in [0.2, 0.25) is 0 Å². The van der Waals surface area contributed by atoms with Crippen LogP contribution in [0.25, 0.3) is 5.69 Å². The van der Waals surface area contributed by atoms with Gasteiger partial charge in [-0.15, -0.1) is 5.10 Å². The zero-order valence-corrected chi connectivity index (χ0v) is 16.7. The van der Waals surface area contributed by atoms with E-state index in [1.165, 1.54) is 14.2 Å². The van der Waals surface area contributed by atoms with Crippen LogP contribution in [0.5, 0.6) is 11.5 Å². The van der Waals surface area contributed by atoms with Gasteiger partial charge in [-0.1, -0.05) is 5.21 Å². The lowest BCUT2D eigenvalue weighted by Crippen LogP contribution is -2.29. The van der Waals surface area contributed by atoms with Crippen molar-refractivity contribution in [3.63, 3.8) is 0 Å². The number of ether oxygens (including phenoxy) is 2. The number of aromatic nitrogens is 3. The molecular formula is C20H18F4N4O3. The summed E-state index contributed by atoms with van der Waals surface area (Å²) in [6.45, 7) is 1.58. The third kappa shape index (κ3) is 4.60. The molecule has 1 atom stereocenters. The molecule has 7 nitrogen and oxygen atoms in total. The fourth-order valence-electron chi connectivity index (χ4n) is 2.97. The predicted molar refractivity (Wildman–Crippen MR) is 102 cm³/mol. The second-order valence-electron chi connectivity index (χ2n) is 6.48. The largest absolute Gasteiger partial charge is 0.497 e. The number of alkyl halides is 3. The number of nitrogens with one attached hydrogen (secondary N) is 1. The number of nitrogens with zero attached hydrogens (tertiary/aromatic N) is 3. The summed E-state index contributed by atoms with van der Waals surface area (Å²) in [5, 5.41) is 9.37. The molecular weight excluding hydrogens is 420 g/mol. The zero-order valence-electron chi connectivity index (χ0n) is 16.7. The second-order valence-corrected chi connectivity index (χ2v) is 6.48. The minimum Gasteiger partial charge on any atom is -0.497 e. The van der Waals surface area contributed by atoms with Gasteiger partial charge in [-0.2, -0.15) is 13.2 Å². The number of amides is 1. The number of benzene rings is 2. The van der Waals surface area contributed by atoms with Crippen molar-refractivity contribution in [2.45, 2.75) is 19.1 Å². The van der Waals surface area contributed by atoms with Gasteiger partial charge in [-0.25, -0.2) is 9.07 Å². The molecule has 1 N–H and O–H groups in total. The van der Waals surface area contributed by atoms with Gasteiger partial charge in [-0.3, -0.25) is 4.79 Å². The molecule has 0 aliphatic rings. The smallest absolute Gasteiger partial charge is 0.435 e. The lowest BCUT2D eigenvalue weighted by Gasteiger charge is -2.18. The van der Waals surface area contributed by atoms with Crippen LogP contribution in [0.4, 0.5) is 17.6 Å². The lowest BCUT2D eigenvalue weighted by molar-refractivity contribution is -0.143. The van der Waals surface area contributed by atoms with E-state index in [1.54, 1.807) is 25.1 Å². The highest BCUT2D eigenvalue weighted by molar-refractivity contribution is 5.93. The first-order chi connectivity index (χ1) is 14.7. The van der Waals surface area contributed by atoms with Crippen molar-refractivity contribution < 1.29 is 31.8 Å². The normalized spacial score (nSPS) is 12.4. The van der Waals surface area contributed by atoms with Crippen LogP contribution in [0.1, 0.15) is 34.7 Å². The Morgan fingerprint density at radius 1 is 1.10 bits per heavy atom. The summed E-state index contributed by atoms with van der Waals surface area (Å²) in [4.78, 5) is 12.7. The third-order valence-corrected chi connectivity index (χ3v) is 4.48. The van der Waals surface area contributed by atoms with Crippen LogP contribution in [-0.4, -0.2) is 35.1 Å². The van der Waals surface area contributed by atoms with E-state index in [0.717, 1.165) is 24.3 Å². The van der Waals surface area contributed by atoms with Gasteiger partial charge >= 0.3 is 6.18 Å². The summed E-state index contributed by atoms with van der Waals surface area (Å²) in [7, 11) is 2.89. The van der Waals surface area contributed by atoms with Crippen molar-refractivity contribution in [3.05, 3.63) is 65.2 Å². The molecule has 0 aliphatic carbocycles. The highest BCUT2D eigenvalue weighted by Crippen LogP contribution is 2.34. The molecule has 0 spiro atoms. The minimum atomic E-state index is -4.94. The SMILES string of the molecule is COc1ccc(C(C)NC(=O)c2nnn(-c3ccc(F)cc3)c2C(F)(F)F)c(OC)c1. The second kappa shape index (κ2) is 8.62. The Balaban J connectivity index is 1.94. The quantitative estimate of drug-likeness (QED) is 0.590. The molecule has 11 heteroatoms. The first kappa shape index (κ1) is 22.1. The van der Waals surface area contributed by atoms with Crippen molar-refractivity contribution >= 4 is 5.91 Å². The fraction of sp³-hybridized carbons (Fsp3) is 0.250. The number of carbonyl (C=O) groups is 1. The highest BCUT2D eigenvalue weighted by atomic mass is 19.4. The summed E-state index contributed by atoms with van der Waals surface area (Å²) in [6.07, 6.45) is -4.94. The van der Waals surface area contributed by atoms with Crippen LogP contribution in [0.15, 0.2) is 42.5 Å². The van der Waals surface area contributed by atoms with Crippen molar-refractivity contribution in [1.82, 2.24) is 20.3 Å². The Morgan fingerprint density at radius 3 is 2.35 bits per heavy atom. The van der Waals surface area contributed by atoms with Crippen molar-refractivity contribution in [1.29, 1.82) is 0 Å². The Bertz CT molecular complexity index is 1080. The molecule has 0 fully saturated rings. The van der Waals surface area contributed by atoms with Gasteiger partial charge in [0, 0.05) is 11.6 Å². The summed E-state index contributed by atoms with van der Waals surface area (Å²) < 4.78 is 65.2. The zero-order chi connectivity index (χ0) is 22.8. The molecule has 0 saturated heterocycles. The minimum absolute atomic E-state index is 0.0925. The van der Waals surface area contributed by atoms with E-state index >= 15 is 0 Å². The van der Waals surface area contributed by atoms with Crippen LogP contribution in [0.3, 0.4) is 0 Å². The molecule has 1 aromatic heterocycles. The van der Waals surface area contributed by atoms with Crippen LogP contribution in [0, 0.1) is 5.82 Å². The molecule has 0 radical (unpaired) electrons. The average molecular weight is 438 g/mol. The van der Waals surface area contributed by atoms with Gasteiger partial charge in [0.25, 0.3) is 5.91 Å². The molecule has 2 aromatic carbocycles. The first-order valence-corrected chi connectivity index (χ1v) is 8.97. The van der Waals surface area contributed by atoms with Crippen LogP contribution >= 0.6 is 0 Å². The molecule has 0 bridgehead atoms. The van der Waals surface area contributed by atoms with Gasteiger partial charge < -0.3 is 14.8 Å². The van der Waals surface area contributed by atoms with Crippen LogP contribution in [0.2, 0.25) is 0 Å². The first-order valence-electron chi connectivity index (χ1n) is 8.97. The standard InChI is InChI=1S/C20H18F4N4O3/c1-11(15-9-8-14(30-2)10-16(15)31-3)25-19(29)17-18(20(22,23)24)28(27-26-17)13-6-4-12(21)5-7-13/h4-11H,1-3H3,(H,25,29). The van der Waals surface area contributed by atoms with E-state index in [4.69, 9.17) is 9.47 Å². The topological polar surface area (TPSA) is 78.3 Å². The maximum atomic E-state index is 13.7. The summed E-state index contributed by atoms with van der Waals surface area (Å²) in [5.74, 6) is -0.803. The van der Waals surface area contributed by atoms with Gasteiger partial charge in [0.15, 0.2) is 11.4 Å². The number of hydrogen-bond donors (Lipinski definition) is 1. The summed E-state index contributed by atoms with van der Waals surface area (Å²) >= 11 is 0. The Hall–Kier alpha value is -3.63. The van der Waals surface area contributed by atoms with Gasteiger partial charge in [0.1, 0.15) is 17.3 Å². The average Bonchev–Trinajstić information content (AvgIpc) is 3.19. The third-order valence-electron chi connectivity index (χ3n) is 4.48. The van der Waals surface area contributed by atoms with E-state index in [0.29, 0.717) is 21.7 Å². The Morgan fingerprint density at radius 2 is 1.77 bits per heavy atom. The molecule has 1 amide bonds. The molecule has 164 valence electrons. The van der Waals surface area contributed by atoms with Crippen LogP contribution in [-0.2, 0) is 6.18 Å². The number of rotatable bonds is 6. The number of hydrogen-bond acceptors (Lipinski definition) is 5. The molecule has 1 heterocycles. The Kier molecular flexibility index (Phi) is 6.14. The van der Waals surface area contributed by atoms with E-state index in [1.807, 2.05) is 0 Å². The number of carbonyl (C=O) groups excluding carboxylic acids is 1. The lowest BCUT2D eigenvalue weighted by atomic mass is 10.1. The molecule has 3 aromatic rings. The van der Waals surface area contributed by atoms with E-state index in [9.17, 15) is 22.4 Å². The Labute approximate surface area is 174 Å². The molecule has 3 rings (SSSR count). The molecule has 0 saturated carbocycles. The fourth-order valence-corrected chi connectivity index (χ4v) is 2.97. The molecule has 1 unspecified atom stereocenters. The van der Waals surface area contributed by atoms with Crippen molar-refractivity contribution in [3.8, 4) is 17.2 Å². The maximum Gasteiger partial charge on any atom is 0.435 e. The molecule has 31 heavy (non-hydrogen) atoms. The van der Waals surface area contributed by atoms with Crippen molar-refractivity contribution in [2.24, 2.45) is 0 Å².